The third kappa shape index (κ3) is 5.09. The summed E-state index contributed by atoms with van der Waals surface area (Å²) < 4.78 is 5.87. The summed E-state index contributed by atoms with van der Waals surface area (Å²) in [6.45, 7) is 2.34. The third-order valence-corrected chi connectivity index (χ3v) is 5.91. The van der Waals surface area contributed by atoms with Crippen molar-refractivity contribution in [3.63, 3.8) is 0 Å². The number of aryl methyl sites for hydroxylation is 1. The average molecular weight is 412 g/mol. The van der Waals surface area contributed by atoms with Crippen LogP contribution in [-0.4, -0.2) is 41.4 Å². The molecule has 0 aliphatic heterocycles. The summed E-state index contributed by atoms with van der Waals surface area (Å²) >= 11 is 0. The fourth-order valence-corrected chi connectivity index (χ4v) is 3.85. The quantitative estimate of drug-likeness (QED) is 0.394. The molecule has 5 nitrogen and oxygen atoms in total. The highest BCUT2D eigenvalue weighted by atomic mass is 16.5. The van der Waals surface area contributed by atoms with Crippen LogP contribution in [0.5, 0.6) is 5.75 Å². The summed E-state index contributed by atoms with van der Waals surface area (Å²) in [5.74, 6) is 0.767. The van der Waals surface area contributed by atoms with Gasteiger partial charge >= 0.3 is 0 Å². The van der Waals surface area contributed by atoms with Gasteiger partial charge in [0.15, 0.2) is 5.78 Å². The van der Waals surface area contributed by atoms with Gasteiger partial charge in [0.1, 0.15) is 5.75 Å². The number of carbonyl (C=O) groups excluding carboxylic acids is 1. The molecule has 4 N–H and O–H groups in total. The van der Waals surface area contributed by atoms with E-state index in [0.29, 0.717) is 30.6 Å². The highest BCUT2D eigenvalue weighted by Gasteiger charge is 2.28. The molecule has 0 atom stereocenters. The van der Waals surface area contributed by atoms with Gasteiger partial charge in [-0.05, 0) is 54.2 Å². The molecular weight excluding hydrogens is 378 g/mol. The van der Waals surface area contributed by atoms with E-state index in [0.717, 1.165) is 28.9 Å². The summed E-state index contributed by atoms with van der Waals surface area (Å²) in [7, 11) is 0. The molecule has 0 radical (unpaired) electrons. The molecule has 2 aromatic carbocycles. The molecule has 0 spiro atoms. The first-order chi connectivity index (χ1) is 14.5. The number of aliphatic hydroxyl groups is 2. The van der Waals surface area contributed by atoms with Crippen molar-refractivity contribution in [3.05, 3.63) is 53.1 Å². The first-order valence-corrected chi connectivity index (χ1v) is 11.0. The summed E-state index contributed by atoms with van der Waals surface area (Å²) in [4.78, 5) is 12.9. The van der Waals surface area contributed by atoms with E-state index in [2.05, 4.69) is 6.92 Å². The van der Waals surface area contributed by atoms with Gasteiger partial charge in [0, 0.05) is 11.1 Å². The molecule has 1 aliphatic rings. The molecule has 0 unspecified atom stereocenters. The van der Waals surface area contributed by atoms with Crippen LogP contribution in [0.4, 0.5) is 0 Å². The van der Waals surface area contributed by atoms with Crippen molar-refractivity contribution in [1.82, 2.24) is 0 Å². The molecule has 1 aliphatic carbocycles. The molecule has 3 rings (SSSR count). The van der Waals surface area contributed by atoms with Crippen molar-refractivity contribution < 1.29 is 19.7 Å². The molecule has 0 amide bonds. The standard InChI is InChI=1S/C25H33NO4/c1-2-3-4-5-6-13-30-19-8-10-20-22-14-18(11-12-25(26,16-27)17-28)7-9-21(22)24(29)23(20)15-19/h7-10,14-15,27-28H,2-6,11-13,16-17,26H2,1H3. The van der Waals surface area contributed by atoms with Crippen molar-refractivity contribution in [2.24, 2.45) is 5.73 Å². The molecule has 5 heteroatoms. The zero-order chi connectivity index (χ0) is 21.6. The topological polar surface area (TPSA) is 92.8 Å². The van der Waals surface area contributed by atoms with Crippen LogP contribution >= 0.6 is 0 Å². The minimum Gasteiger partial charge on any atom is -0.494 e. The number of carbonyl (C=O) groups is 1. The van der Waals surface area contributed by atoms with Crippen LogP contribution in [0, 0.1) is 0 Å². The maximum Gasteiger partial charge on any atom is 0.194 e. The number of ketones is 1. The Labute approximate surface area is 178 Å². The number of nitrogens with two attached hydrogens (primary N) is 1. The van der Waals surface area contributed by atoms with Gasteiger partial charge in [-0.25, -0.2) is 0 Å². The van der Waals surface area contributed by atoms with Gasteiger partial charge in [0.05, 0.1) is 25.4 Å². The Bertz CT molecular complexity index is 873. The van der Waals surface area contributed by atoms with E-state index < -0.39 is 5.54 Å². The molecule has 30 heavy (non-hydrogen) atoms. The van der Waals surface area contributed by atoms with E-state index in [4.69, 9.17) is 10.5 Å². The second-order valence-corrected chi connectivity index (χ2v) is 8.36. The minimum absolute atomic E-state index is 0.0267. The molecule has 0 saturated carbocycles. The van der Waals surface area contributed by atoms with Crippen LogP contribution < -0.4 is 10.5 Å². The van der Waals surface area contributed by atoms with E-state index in [1.54, 1.807) is 0 Å². The van der Waals surface area contributed by atoms with Crippen LogP contribution in [0.2, 0.25) is 0 Å². The molecule has 2 aromatic rings. The number of ether oxygens (including phenoxy) is 1. The van der Waals surface area contributed by atoms with Gasteiger partial charge in [-0.15, -0.1) is 0 Å². The fraction of sp³-hybridized carbons (Fsp3) is 0.480. The van der Waals surface area contributed by atoms with Crippen molar-refractivity contribution in [3.8, 4) is 16.9 Å². The van der Waals surface area contributed by atoms with Gasteiger partial charge in [-0.3, -0.25) is 4.79 Å². The summed E-state index contributed by atoms with van der Waals surface area (Å²) in [5, 5.41) is 18.8. The summed E-state index contributed by atoms with van der Waals surface area (Å²) in [5.41, 5.74) is 9.25. The van der Waals surface area contributed by atoms with E-state index in [-0.39, 0.29) is 19.0 Å². The van der Waals surface area contributed by atoms with Gasteiger partial charge in [0.2, 0.25) is 0 Å². The number of fused-ring (bicyclic) bond motifs is 3. The number of hydrogen-bond donors (Lipinski definition) is 3. The highest BCUT2D eigenvalue weighted by Crippen LogP contribution is 2.39. The zero-order valence-electron chi connectivity index (χ0n) is 17.8. The predicted molar refractivity (Wildman–Crippen MR) is 119 cm³/mol. The molecule has 0 heterocycles. The van der Waals surface area contributed by atoms with E-state index in [9.17, 15) is 15.0 Å². The van der Waals surface area contributed by atoms with Gasteiger partial charge in [-0.1, -0.05) is 50.8 Å². The monoisotopic (exact) mass is 411 g/mol. The second kappa shape index (κ2) is 10.2. The smallest absolute Gasteiger partial charge is 0.194 e. The lowest BCUT2D eigenvalue weighted by Crippen LogP contribution is -2.47. The maximum atomic E-state index is 12.9. The summed E-state index contributed by atoms with van der Waals surface area (Å²) in [6.07, 6.45) is 7.01. The van der Waals surface area contributed by atoms with Crippen molar-refractivity contribution in [2.45, 2.75) is 57.4 Å². The second-order valence-electron chi connectivity index (χ2n) is 8.36. The SMILES string of the molecule is CCCCCCCOc1ccc2c(c1)C(=O)c1ccc(CCC(N)(CO)CO)cc1-2. The van der Waals surface area contributed by atoms with Crippen molar-refractivity contribution in [2.75, 3.05) is 19.8 Å². The lowest BCUT2D eigenvalue weighted by molar-refractivity contribution is 0.104. The molecule has 0 bridgehead atoms. The van der Waals surface area contributed by atoms with Crippen LogP contribution in [0.3, 0.4) is 0 Å². The van der Waals surface area contributed by atoms with Crippen LogP contribution in [-0.2, 0) is 6.42 Å². The lowest BCUT2D eigenvalue weighted by atomic mass is 9.92. The molecular formula is C25H33NO4. The Morgan fingerprint density at radius 3 is 2.37 bits per heavy atom. The fourth-order valence-electron chi connectivity index (χ4n) is 3.85. The zero-order valence-corrected chi connectivity index (χ0v) is 17.8. The van der Waals surface area contributed by atoms with Gasteiger partial charge < -0.3 is 20.7 Å². The number of unbranched alkanes of at least 4 members (excludes halogenated alkanes) is 4. The molecule has 162 valence electrons. The average Bonchev–Trinajstić information content (AvgIpc) is 3.05. The van der Waals surface area contributed by atoms with Gasteiger partial charge in [-0.2, -0.15) is 0 Å². The Morgan fingerprint density at radius 1 is 0.900 bits per heavy atom. The molecule has 0 saturated heterocycles. The molecule has 0 fully saturated rings. The Hall–Kier alpha value is -2.21. The summed E-state index contributed by atoms with van der Waals surface area (Å²) in [6, 6.07) is 11.5. The Kier molecular flexibility index (Phi) is 7.64. The lowest BCUT2D eigenvalue weighted by Gasteiger charge is -2.24. The van der Waals surface area contributed by atoms with Crippen molar-refractivity contribution >= 4 is 5.78 Å². The minimum atomic E-state index is -0.991. The first-order valence-electron chi connectivity index (χ1n) is 11.0. The van der Waals surface area contributed by atoms with Gasteiger partial charge in [0.25, 0.3) is 0 Å². The number of aliphatic hydroxyl groups excluding tert-OH is 2. The Balaban J connectivity index is 1.68. The van der Waals surface area contributed by atoms with Crippen LogP contribution in [0.25, 0.3) is 11.1 Å². The van der Waals surface area contributed by atoms with Crippen LogP contribution in [0.1, 0.15) is 66.9 Å². The maximum absolute atomic E-state index is 12.9. The number of rotatable bonds is 12. The van der Waals surface area contributed by atoms with E-state index >= 15 is 0 Å². The number of benzene rings is 2. The largest absolute Gasteiger partial charge is 0.494 e. The van der Waals surface area contributed by atoms with Crippen LogP contribution in [0.15, 0.2) is 36.4 Å². The molecule has 0 aromatic heterocycles. The normalized spacial score (nSPS) is 12.7. The van der Waals surface area contributed by atoms with E-state index in [1.807, 2.05) is 36.4 Å². The number of hydrogen-bond acceptors (Lipinski definition) is 5. The van der Waals surface area contributed by atoms with E-state index in [1.165, 1.54) is 25.7 Å². The first kappa shape index (κ1) is 22.5. The highest BCUT2D eigenvalue weighted by molar-refractivity contribution is 6.21. The Morgan fingerprint density at radius 2 is 1.63 bits per heavy atom. The predicted octanol–water partition coefficient (Wildman–Crippen LogP) is 3.86. The van der Waals surface area contributed by atoms with Crippen molar-refractivity contribution in [1.29, 1.82) is 0 Å². The third-order valence-electron chi connectivity index (χ3n) is 5.91.